The number of nitrogens with zero attached hydrogens (tertiary/aromatic N) is 1. The lowest BCUT2D eigenvalue weighted by Gasteiger charge is -2.07. The van der Waals surface area contributed by atoms with Crippen LogP contribution in [0.5, 0.6) is 11.6 Å². The van der Waals surface area contributed by atoms with E-state index in [9.17, 15) is 4.79 Å². The Labute approximate surface area is 123 Å². The minimum Gasteiger partial charge on any atom is -0.439 e. The molecule has 1 fully saturated rings. The molecule has 21 heavy (non-hydrogen) atoms. The highest BCUT2D eigenvalue weighted by atomic mass is 16.5. The Bertz CT molecular complexity index is 619. The van der Waals surface area contributed by atoms with Gasteiger partial charge in [-0.3, -0.25) is 4.79 Å². The number of pyridine rings is 1. The van der Waals surface area contributed by atoms with E-state index < -0.39 is 5.91 Å². The van der Waals surface area contributed by atoms with Gasteiger partial charge in [-0.1, -0.05) is 6.07 Å². The molecule has 0 aliphatic heterocycles. The Morgan fingerprint density at radius 2 is 2.00 bits per heavy atom. The summed E-state index contributed by atoms with van der Waals surface area (Å²) in [5.41, 5.74) is 6.78. The standard InChI is InChI=1S/C16H17N3O2/c17-16(20)12-2-6-14(7-3-12)21-15-8-1-11(10-19-15)9-18-13-4-5-13/h1-3,6-8,10,13,18H,4-5,9H2,(H2,17,20). The Hall–Kier alpha value is -2.40. The monoisotopic (exact) mass is 283 g/mol. The van der Waals surface area contributed by atoms with Crippen molar-refractivity contribution in [3.05, 3.63) is 53.7 Å². The highest BCUT2D eigenvalue weighted by Gasteiger charge is 2.19. The number of hydrogen-bond acceptors (Lipinski definition) is 4. The lowest BCUT2D eigenvalue weighted by atomic mass is 10.2. The van der Waals surface area contributed by atoms with Crippen LogP contribution in [-0.2, 0) is 6.54 Å². The molecule has 0 saturated heterocycles. The Morgan fingerprint density at radius 1 is 1.24 bits per heavy atom. The van der Waals surface area contributed by atoms with Gasteiger partial charge in [-0.15, -0.1) is 0 Å². The van der Waals surface area contributed by atoms with Crippen LogP contribution in [0.4, 0.5) is 0 Å². The fraction of sp³-hybridized carbons (Fsp3) is 0.250. The van der Waals surface area contributed by atoms with Crippen molar-refractivity contribution in [2.24, 2.45) is 5.73 Å². The van der Waals surface area contributed by atoms with Crippen LogP contribution in [0.15, 0.2) is 42.6 Å². The molecule has 0 atom stereocenters. The molecule has 1 aliphatic carbocycles. The van der Waals surface area contributed by atoms with Gasteiger partial charge in [0, 0.05) is 30.4 Å². The number of rotatable bonds is 6. The fourth-order valence-electron chi connectivity index (χ4n) is 1.93. The maximum atomic E-state index is 11.0. The Kier molecular flexibility index (Phi) is 3.83. The van der Waals surface area contributed by atoms with E-state index in [0.29, 0.717) is 23.2 Å². The third kappa shape index (κ3) is 3.79. The van der Waals surface area contributed by atoms with Crippen LogP contribution in [0.2, 0.25) is 0 Å². The van der Waals surface area contributed by atoms with Crippen molar-refractivity contribution in [1.29, 1.82) is 0 Å². The number of nitrogens with two attached hydrogens (primary N) is 1. The summed E-state index contributed by atoms with van der Waals surface area (Å²) in [6.45, 7) is 0.839. The van der Waals surface area contributed by atoms with Gasteiger partial charge in [0.1, 0.15) is 5.75 Å². The highest BCUT2D eigenvalue weighted by Crippen LogP contribution is 2.21. The zero-order valence-corrected chi connectivity index (χ0v) is 11.6. The third-order valence-electron chi connectivity index (χ3n) is 3.33. The molecule has 0 spiro atoms. The van der Waals surface area contributed by atoms with Crippen LogP contribution in [0.25, 0.3) is 0 Å². The van der Waals surface area contributed by atoms with Crippen LogP contribution in [-0.4, -0.2) is 16.9 Å². The van der Waals surface area contributed by atoms with Crippen molar-refractivity contribution in [2.75, 3.05) is 0 Å². The first-order valence-electron chi connectivity index (χ1n) is 6.97. The summed E-state index contributed by atoms with van der Waals surface area (Å²) >= 11 is 0. The van der Waals surface area contributed by atoms with E-state index in [-0.39, 0.29) is 0 Å². The van der Waals surface area contributed by atoms with Gasteiger partial charge in [-0.2, -0.15) is 0 Å². The number of amides is 1. The molecule has 1 amide bonds. The van der Waals surface area contributed by atoms with Crippen molar-refractivity contribution in [1.82, 2.24) is 10.3 Å². The van der Waals surface area contributed by atoms with E-state index in [1.807, 2.05) is 18.3 Å². The predicted molar refractivity (Wildman–Crippen MR) is 79.1 cm³/mol. The highest BCUT2D eigenvalue weighted by molar-refractivity contribution is 5.92. The molecule has 1 aromatic heterocycles. The second kappa shape index (κ2) is 5.93. The van der Waals surface area contributed by atoms with Crippen LogP contribution < -0.4 is 15.8 Å². The molecule has 1 heterocycles. The summed E-state index contributed by atoms with van der Waals surface area (Å²) in [5, 5.41) is 3.43. The van der Waals surface area contributed by atoms with Gasteiger partial charge in [0.25, 0.3) is 0 Å². The molecular formula is C16H17N3O2. The fourth-order valence-corrected chi connectivity index (χ4v) is 1.93. The second-order valence-corrected chi connectivity index (χ2v) is 5.15. The number of benzene rings is 1. The number of carbonyl (C=O) groups is 1. The number of carbonyl (C=O) groups excluding carboxylic acids is 1. The minimum absolute atomic E-state index is 0.452. The van der Waals surface area contributed by atoms with Crippen molar-refractivity contribution in [3.63, 3.8) is 0 Å². The number of aromatic nitrogens is 1. The minimum atomic E-state index is -0.452. The second-order valence-electron chi connectivity index (χ2n) is 5.15. The van der Waals surface area contributed by atoms with Crippen LogP contribution in [0, 0.1) is 0 Å². The molecule has 0 radical (unpaired) electrons. The lowest BCUT2D eigenvalue weighted by molar-refractivity contribution is 0.100. The van der Waals surface area contributed by atoms with E-state index >= 15 is 0 Å². The average Bonchev–Trinajstić information content (AvgIpc) is 3.31. The van der Waals surface area contributed by atoms with Gasteiger partial charge in [-0.25, -0.2) is 4.98 Å². The summed E-state index contributed by atoms with van der Waals surface area (Å²) in [7, 11) is 0. The first-order valence-corrected chi connectivity index (χ1v) is 6.97. The van der Waals surface area contributed by atoms with Gasteiger partial charge in [-0.05, 0) is 42.7 Å². The van der Waals surface area contributed by atoms with Crippen molar-refractivity contribution < 1.29 is 9.53 Å². The van der Waals surface area contributed by atoms with E-state index in [4.69, 9.17) is 10.5 Å². The van der Waals surface area contributed by atoms with Gasteiger partial charge in [0.15, 0.2) is 0 Å². The van der Waals surface area contributed by atoms with E-state index in [1.165, 1.54) is 12.8 Å². The number of nitrogens with one attached hydrogen (secondary N) is 1. The smallest absolute Gasteiger partial charge is 0.248 e. The summed E-state index contributed by atoms with van der Waals surface area (Å²) in [6.07, 6.45) is 4.36. The normalized spacial score (nSPS) is 13.9. The molecule has 5 heteroatoms. The number of ether oxygens (including phenoxy) is 1. The largest absolute Gasteiger partial charge is 0.439 e. The van der Waals surface area contributed by atoms with Crippen molar-refractivity contribution in [2.45, 2.75) is 25.4 Å². The van der Waals surface area contributed by atoms with Crippen LogP contribution in [0.1, 0.15) is 28.8 Å². The van der Waals surface area contributed by atoms with Crippen molar-refractivity contribution >= 4 is 5.91 Å². The lowest BCUT2D eigenvalue weighted by Crippen LogP contribution is -2.15. The molecule has 2 aromatic rings. The van der Waals surface area contributed by atoms with E-state index in [0.717, 1.165) is 12.1 Å². The zero-order valence-electron chi connectivity index (χ0n) is 11.6. The molecule has 0 bridgehead atoms. The van der Waals surface area contributed by atoms with Gasteiger partial charge in [0.2, 0.25) is 11.8 Å². The molecule has 3 N–H and O–H groups in total. The van der Waals surface area contributed by atoms with Crippen LogP contribution >= 0.6 is 0 Å². The first-order chi connectivity index (χ1) is 10.2. The molecule has 1 aromatic carbocycles. The van der Waals surface area contributed by atoms with Gasteiger partial charge >= 0.3 is 0 Å². The first kappa shape index (κ1) is 13.6. The third-order valence-corrected chi connectivity index (χ3v) is 3.33. The van der Waals surface area contributed by atoms with E-state index in [1.54, 1.807) is 24.3 Å². The van der Waals surface area contributed by atoms with Crippen LogP contribution in [0.3, 0.4) is 0 Å². The summed E-state index contributed by atoms with van der Waals surface area (Å²) in [6, 6.07) is 11.2. The topological polar surface area (TPSA) is 77.2 Å². The SMILES string of the molecule is NC(=O)c1ccc(Oc2ccc(CNC3CC3)cn2)cc1. The Morgan fingerprint density at radius 3 is 2.57 bits per heavy atom. The molecule has 1 saturated carbocycles. The van der Waals surface area contributed by atoms with Gasteiger partial charge in [0.05, 0.1) is 0 Å². The summed E-state index contributed by atoms with van der Waals surface area (Å²) in [5.74, 6) is 0.695. The number of primary amides is 1. The number of hydrogen-bond donors (Lipinski definition) is 2. The zero-order chi connectivity index (χ0) is 14.7. The summed E-state index contributed by atoms with van der Waals surface area (Å²) < 4.78 is 5.62. The maximum absolute atomic E-state index is 11.0. The van der Waals surface area contributed by atoms with Gasteiger partial charge < -0.3 is 15.8 Å². The maximum Gasteiger partial charge on any atom is 0.248 e. The van der Waals surface area contributed by atoms with Crippen molar-refractivity contribution in [3.8, 4) is 11.6 Å². The molecule has 1 aliphatic rings. The molecule has 108 valence electrons. The molecule has 3 rings (SSSR count). The summed E-state index contributed by atoms with van der Waals surface area (Å²) in [4.78, 5) is 15.3. The Balaban J connectivity index is 1.59. The molecule has 0 unspecified atom stereocenters. The quantitative estimate of drug-likeness (QED) is 0.852. The molecular weight excluding hydrogens is 266 g/mol. The predicted octanol–water partition coefficient (Wildman–Crippen LogP) is 2.22. The average molecular weight is 283 g/mol. The molecule has 5 nitrogen and oxygen atoms in total. The van der Waals surface area contributed by atoms with E-state index in [2.05, 4.69) is 10.3 Å².